The van der Waals surface area contributed by atoms with Crippen LogP contribution in [0.3, 0.4) is 0 Å². The molecule has 0 saturated heterocycles. The highest BCUT2D eigenvalue weighted by Gasteiger charge is 2.33. The van der Waals surface area contributed by atoms with Crippen LogP contribution < -0.4 is 14.2 Å². The van der Waals surface area contributed by atoms with Crippen molar-refractivity contribution in [3.63, 3.8) is 0 Å². The zero-order chi connectivity index (χ0) is 26.2. The zero-order valence-corrected chi connectivity index (χ0v) is 20.9. The summed E-state index contributed by atoms with van der Waals surface area (Å²) < 4.78 is 21.2. The summed E-state index contributed by atoms with van der Waals surface area (Å²) >= 11 is 0. The number of methoxy groups -OCH3 is 3. The molecule has 0 radical (unpaired) electrons. The van der Waals surface area contributed by atoms with Crippen molar-refractivity contribution in [3.8, 4) is 17.2 Å². The SMILES string of the molecule is COc1ccc(C2CC(c3ccccc3)=NN2C(=O)COC(=O)C=Cc2cccc(OC)c2OC)cc1. The van der Waals surface area contributed by atoms with Gasteiger partial charge in [0.2, 0.25) is 0 Å². The highest BCUT2D eigenvalue weighted by Crippen LogP contribution is 2.34. The van der Waals surface area contributed by atoms with E-state index in [1.807, 2.05) is 54.6 Å². The van der Waals surface area contributed by atoms with Crippen molar-refractivity contribution in [2.75, 3.05) is 27.9 Å². The fourth-order valence-corrected chi connectivity index (χ4v) is 4.08. The highest BCUT2D eigenvalue weighted by atomic mass is 16.5. The summed E-state index contributed by atoms with van der Waals surface area (Å²) in [6, 6.07) is 22.2. The van der Waals surface area contributed by atoms with Gasteiger partial charge < -0.3 is 18.9 Å². The molecule has 1 amide bonds. The lowest BCUT2D eigenvalue weighted by Gasteiger charge is -2.22. The first kappa shape index (κ1) is 25.5. The normalized spacial score (nSPS) is 14.8. The van der Waals surface area contributed by atoms with Crippen LogP contribution in [0.2, 0.25) is 0 Å². The number of hydrogen-bond acceptors (Lipinski definition) is 7. The van der Waals surface area contributed by atoms with E-state index in [9.17, 15) is 9.59 Å². The number of ether oxygens (including phenoxy) is 4. The molecule has 190 valence electrons. The molecule has 0 N–H and O–H groups in total. The Kier molecular flexibility index (Phi) is 8.20. The van der Waals surface area contributed by atoms with E-state index in [1.165, 1.54) is 25.3 Å². The third kappa shape index (κ3) is 5.98. The van der Waals surface area contributed by atoms with Crippen molar-refractivity contribution in [2.24, 2.45) is 5.10 Å². The monoisotopic (exact) mass is 500 g/mol. The highest BCUT2D eigenvalue weighted by molar-refractivity contribution is 6.03. The van der Waals surface area contributed by atoms with Gasteiger partial charge in [-0.2, -0.15) is 5.10 Å². The minimum atomic E-state index is -0.661. The second kappa shape index (κ2) is 11.9. The smallest absolute Gasteiger partial charge is 0.331 e. The minimum Gasteiger partial charge on any atom is -0.497 e. The van der Waals surface area contributed by atoms with Gasteiger partial charge in [0, 0.05) is 18.1 Å². The third-order valence-electron chi connectivity index (χ3n) is 5.94. The number of carbonyl (C=O) groups is 2. The van der Waals surface area contributed by atoms with E-state index in [0.717, 1.165) is 22.6 Å². The van der Waals surface area contributed by atoms with Gasteiger partial charge in [0.15, 0.2) is 18.1 Å². The summed E-state index contributed by atoms with van der Waals surface area (Å²) in [4.78, 5) is 25.5. The Bertz CT molecular complexity index is 1300. The van der Waals surface area contributed by atoms with Gasteiger partial charge in [-0.25, -0.2) is 9.80 Å². The van der Waals surface area contributed by atoms with E-state index in [0.29, 0.717) is 23.5 Å². The fraction of sp³-hybridized carbons (Fsp3) is 0.207. The van der Waals surface area contributed by atoms with Crippen LogP contribution in [0.5, 0.6) is 17.2 Å². The number of esters is 1. The number of para-hydroxylation sites is 1. The molecule has 1 aliphatic heterocycles. The first-order valence-corrected chi connectivity index (χ1v) is 11.7. The molecule has 0 aliphatic carbocycles. The summed E-state index contributed by atoms with van der Waals surface area (Å²) in [5.74, 6) is 0.668. The number of rotatable bonds is 9. The van der Waals surface area contributed by atoms with Crippen LogP contribution in [-0.4, -0.2) is 50.5 Å². The molecule has 37 heavy (non-hydrogen) atoms. The summed E-state index contributed by atoms with van der Waals surface area (Å²) in [6.45, 7) is -0.448. The van der Waals surface area contributed by atoms with Gasteiger partial charge in [-0.05, 0) is 35.4 Å². The van der Waals surface area contributed by atoms with Crippen LogP contribution in [0, 0.1) is 0 Å². The number of benzene rings is 3. The first-order valence-electron chi connectivity index (χ1n) is 11.7. The molecule has 8 heteroatoms. The lowest BCUT2D eigenvalue weighted by atomic mass is 9.98. The van der Waals surface area contributed by atoms with Crippen molar-refractivity contribution >= 4 is 23.7 Å². The van der Waals surface area contributed by atoms with Gasteiger partial charge >= 0.3 is 5.97 Å². The fourth-order valence-electron chi connectivity index (χ4n) is 4.08. The maximum absolute atomic E-state index is 13.1. The van der Waals surface area contributed by atoms with E-state index < -0.39 is 18.5 Å². The summed E-state index contributed by atoms with van der Waals surface area (Å²) in [6.07, 6.45) is 3.33. The second-order valence-electron chi connectivity index (χ2n) is 8.17. The Labute approximate surface area is 215 Å². The molecule has 1 heterocycles. The topological polar surface area (TPSA) is 86.7 Å². The number of nitrogens with zero attached hydrogens (tertiary/aromatic N) is 2. The summed E-state index contributed by atoms with van der Waals surface area (Å²) in [7, 11) is 4.66. The quantitative estimate of drug-likeness (QED) is 0.314. The molecule has 0 spiro atoms. The van der Waals surface area contributed by atoms with E-state index in [4.69, 9.17) is 18.9 Å². The largest absolute Gasteiger partial charge is 0.497 e. The lowest BCUT2D eigenvalue weighted by molar-refractivity contribution is -0.149. The Morgan fingerprint density at radius 2 is 1.68 bits per heavy atom. The Balaban J connectivity index is 1.48. The van der Waals surface area contributed by atoms with Crippen LogP contribution in [-0.2, 0) is 14.3 Å². The average molecular weight is 501 g/mol. The molecule has 1 unspecified atom stereocenters. The van der Waals surface area contributed by atoms with Crippen molar-refractivity contribution in [1.82, 2.24) is 5.01 Å². The van der Waals surface area contributed by atoms with Crippen molar-refractivity contribution in [2.45, 2.75) is 12.5 Å². The van der Waals surface area contributed by atoms with Gasteiger partial charge in [0.05, 0.1) is 33.1 Å². The zero-order valence-electron chi connectivity index (χ0n) is 20.9. The molecule has 3 aromatic rings. The van der Waals surface area contributed by atoms with Crippen LogP contribution in [0.1, 0.15) is 29.2 Å². The predicted octanol–water partition coefficient (Wildman–Crippen LogP) is 4.65. The molecular weight excluding hydrogens is 472 g/mol. The van der Waals surface area contributed by atoms with Crippen molar-refractivity contribution < 1.29 is 28.5 Å². The van der Waals surface area contributed by atoms with E-state index >= 15 is 0 Å². The van der Waals surface area contributed by atoms with Crippen LogP contribution in [0.4, 0.5) is 0 Å². The van der Waals surface area contributed by atoms with E-state index in [2.05, 4.69) is 5.10 Å². The number of amides is 1. The molecule has 3 aromatic carbocycles. The molecule has 0 saturated carbocycles. The first-order chi connectivity index (χ1) is 18.0. The van der Waals surface area contributed by atoms with Gasteiger partial charge in [-0.15, -0.1) is 0 Å². The van der Waals surface area contributed by atoms with Gasteiger partial charge in [-0.1, -0.05) is 54.6 Å². The maximum atomic E-state index is 13.1. The van der Waals surface area contributed by atoms with Crippen LogP contribution >= 0.6 is 0 Å². The lowest BCUT2D eigenvalue weighted by Crippen LogP contribution is -2.31. The Hall–Kier alpha value is -4.59. The molecule has 0 fully saturated rings. The molecule has 1 aliphatic rings. The number of hydrogen-bond donors (Lipinski definition) is 0. The van der Waals surface area contributed by atoms with Gasteiger partial charge in [0.1, 0.15) is 5.75 Å². The molecule has 4 rings (SSSR count). The molecular formula is C29H28N2O6. The second-order valence-corrected chi connectivity index (χ2v) is 8.17. The summed E-state index contributed by atoms with van der Waals surface area (Å²) in [5.41, 5.74) is 3.26. The molecule has 0 bridgehead atoms. The van der Waals surface area contributed by atoms with Crippen LogP contribution in [0.15, 0.2) is 84.0 Å². The van der Waals surface area contributed by atoms with Gasteiger partial charge in [0.25, 0.3) is 5.91 Å². The van der Waals surface area contributed by atoms with Crippen LogP contribution in [0.25, 0.3) is 6.08 Å². The van der Waals surface area contributed by atoms with E-state index in [1.54, 1.807) is 31.4 Å². The Morgan fingerprint density at radius 1 is 0.919 bits per heavy atom. The average Bonchev–Trinajstić information content (AvgIpc) is 3.40. The van der Waals surface area contributed by atoms with Gasteiger partial charge in [-0.3, -0.25) is 4.79 Å². The van der Waals surface area contributed by atoms with Crippen molar-refractivity contribution in [3.05, 3.63) is 95.6 Å². The standard InChI is InChI=1S/C29H28N2O6/c1-34-23-15-12-21(13-16-23)25-18-24(20-8-5-4-6-9-20)30-31(25)27(32)19-37-28(33)17-14-22-10-7-11-26(35-2)29(22)36-3/h4-17,25H,18-19H2,1-3H3. The molecule has 1 atom stereocenters. The predicted molar refractivity (Wildman–Crippen MR) is 140 cm³/mol. The maximum Gasteiger partial charge on any atom is 0.331 e. The molecule has 0 aromatic heterocycles. The number of carbonyl (C=O) groups excluding carboxylic acids is 2. The molecule has 8 nitrogen and oxygen atoms in total. The number of hydrazone groups is 1. The summed E-state index contributed by atoms with van der Waals surface area (Å²) in [5, 5.41) is 6.00. The Morgan fingerprint density at radius 3 is 2.35 bits per heavy atom. The van der Waals surface area contributed by atoms with E-state index in [-0.39, 0.29) is 6.04 Å². The van der Waals surface area contributed by atoms with Crippen molar-refractivity contribution in [1.29, 1.82) is 0 Å². The minimum absolute atomic E-state index is 0.330. The third-order valence-corrected chi connectivity index (χ3v) is 5.94.